The summed E-state index contributed by atoms with van der Waals surface area (Å²) in [5.74, 6) is 1.05. The fourth-order valence-corrected chi connectivity index (χ4v) is 3.38. The number of rotatable bonds is 3. The number of hydrogen-bond acceptors (Lipinski definition) is 3. The zero-order valence-corrected chi connectivity index (χ0v) is 12.4. The van der Waals surface area contributed by atoms with Crippen LogP contribution in [0, 0.1) is 19.8 Å². The molecule has 1 aliphatic heterocycles. The lowest BCUT2D eigenvalue weighted by Crippen LogP contribution is -2.48. The monoisotopic (exact) mass is 263 g/mol. The van der Waals surface area contributed by atoms with E-state index in [9.17, 15) is 5.11 Å². The molecule has 1 heterocycles. The van der Waals surface area contributed by atoms with Crippen LogP contribution in [0.25, 0.3) is 0 Å². The minimum atomic E-state index is -0.775. The highest BCUT2D eigenvalue weighted by Gasteiger charge is 2.42. The third-order valence-corrected chi connectivity index (χ3v) is 4.34. The van der Waals surface area contributed by atoms with Crippen molar-refractivity contribution in [1.29, 1.82) is 0 Å². The van der Waals surface area contributed by atoms with Gasteiger partial charge in [-0.1, -0.05) is 13.0 Å². The minimum absolute atomic E-state index is 0.233. The number of aliphatic hydroxyl groups is 1. The molecule has 1 saturated heterocycles. The van der Waals surface area contributed by atoms with Crippen molar-refractivity contribution in [3.05, 3.63) is 28.8 Å². The third kappa shape index (κ3) is 2.49. The van der Waals surface area contributed by atoms with Crippen molar-refractivity contribution in [2.75, 3.05) is 20.2 Å². The van der Waals surface area contributed by atoms with E-state index in [2.05, 4.69) is 32.2 Å². The number of benzene rings is 1. The molecule has 2 unspecified atom stereocenters. The molecule has 0 amide bonds. The molecule has 19 heavy (non-hydrogen) atoms. The summed E-state index contributed by atoms with van der Waals surface area (Å²) in [7, 11) is 1.68. The Balaban J connectivity index is 2.55. The number of methoxy groups -OCH3 is 1. The summed E-state index contributed by atoms with van der Waals surface area (Å²) in [5.41, 5.74) is 2.50. The largest absolute Gasteiger partial charge is 0.496 e. The van der Waals surface area contributed by atoms with Crippen LogP contribution < -0.4 is 10.1 Å². The molecular formula is C16H25NO2. The molecule has 106 valence electrons. The van der Waals surface area contributed by atoms with Crippen LogP contribution in [0.1, 0.15) is 36.5 Å². The van der Waals surface area contributed by atoms with Gasteiger partial charge in [0.1, 0.15) is 5.75 Å². The van der Waals surface area contributed by atoms with Gasteiger partial charge in [-0.3, -0.25) is 0 Å². The van der Waals surface area contributed by atoms with Crippen LogP contribution in [0.15, 0.2) is 12.1 Å². The van der Waals surface area contributed by atoms with E-state index in [0.717, 1.165) is 42.8 Å². The molecule has 1 aromatic carbocycles. The van der Waals surface area contributed by atoms with Crippen molar-refractivity contribution in [1.82, 2.24) is 5.32 Å². The van der Waals surface area contributed by atoms with Gasteiger partial charge in [0.2, 0.25) is 0 Å². The van der Waals surface area contributed by atoms with Crippen LogP contribution in [0.5, 0.6) is 5.75 Å². The van der Waals surface area contributed by atoms with Gasteiger partial charge in [0.25, 0.3) is 0 Å². The smallest absolute Gasteiger partial charge is 0.125 e. The van der Waals surface area contributed by atoms with E-state index in [1.165, 1.54) is 5.56 Å². The lowest BCUT2D eigenvalue weighted by Gasteiger charge is -2.42. The Morgan fingerprint density at radius 3 is 2.79 bits per heavy atom. The fraction of sp³-hybridized carbons (Fsp3) is 0.625. The Morgan fingerprint density at radius 1 is 1.42 bits per heavy atom. The van der Waals surface area contributed by atoms with E-state index in [0.29, 0.717) is 0 Å². The number of hydrogen-bond donors (Lipinski definition) is 2. The molecule has 1 fully saturated rings. The van der Waals surface area contributed by atoms with E-state index < -0.39 is 5.60 Å². The first-order valence-electron chi connectivity index (χ1n) is 7.11. The van der Waals surface area contributed by atoms with Gasteiger partial charge in [-0.05, 0) is 50.4 Å². The first-order chi connectivity index (χ1) is 9.02. The second kappa shape index (κ2) is 5.51. The van der Waals surface area contributed by atoms with Gasteiger partial charge in [0, 0.05) is 18.0 Å². The molecule has 0 aliphatic carbocycles. The van der Waals surface area contributed by atoms with Gasteiger partial charge in [-0.25, -0.2) is 0 Å². The topological polar surface area (TPSA) is 41.5 Å². The summed E-state index contributed by atoms with van der Waals surface area (Å²) in [5, 5.41) is 14.6. The van der Waals surface area contributed by atoms with Gasteiger partial charge < -0.3 is 15.2 Å². The van der Waals surface area contributed by atoms with Crippen molar-refractivity contribution in [2.45, 2.75) is 39.2 Å². The quantitative estimate of drug-likeness (QED) is 0.880. The molecule has 0 aromatic heterocycles. The van der Waals surface area contributed by atoms with Crippen molar-refractivity contribution < 1.29 is 9.84 Å². The zero-order valence-electron chi connectivity index (χ0n) is 12.4. The molecule has 0 bridgehead atoms. The van der Waals surface area contributed by atoms with Gasteiger partial charge in [0.05, 0.1) is 12.7 Å². The molecule has 3 heteroatoms. The Morgan fingerprint density at radius 2 is 2.16 bits per heavy atom. The predicted molar refractivity (Wildman–Crippen MR) is 77.6 cm³/mol. The highest BCUT2D eigenvalue weighted by molar-refractivity contribution is 5.47. The normalized spacial score (nSPS) is 27.3. The van der Waals surface area contributed by atoms with E-state index in [4.69, 9.17) is 4.74 Å². The minimum Gasteiger partial charge on any atom is -0.496 e. The standard InChI is InChI=1S/C16H25NO2/c1-5-13-10-17-7-6-16(13,18)15-12(3)8-11(2)9-14(15)19-4/h8-9,13,17-18H,5-7,10H2,1-4H3. The van der Waals surface area contributed by atoms with E-state index >= 15 is 0 Å². The average Bonchev–Trinajstić information content (AvgIpc) is 2.37. The van der Waals surface area contributed by atoms with Crippen molar-refractivity contribution in [2.24, 2.45) is 5.92 Å². The van der Waals surface area contributed by atoms with Crippen molar-refractivity contribution in [3.8, 4) is 5.75 Å². The maximum atomic E-state index is 11.3. The summed E-state index contributed by atoms with van der Waals surface area (Å²) in [6.45, 7) is 7.98. The lowest BCUT2D eigenvalue weighted by atomic mass is 9.73. The van der Waals surface area contributed by atoms with Gasteiger partial charge >= 0.3 is 0 Å². The number of ether oxygens (including phenoxy) is 1. The van der Waals surface area contributed by atoms with E-state index in [1.54, 1.807) is 7.11 Å². The van der Waals surface area contributed by atoms with Crippen LogP contribution >= 0.6 is 0 Å². The summed E-state index contributed by atoms with van der Waals surface area (Å²) in [4.78, 5) is 0. The second-order valence-corrected chi connectivity index (χ2v) is 5.64. The number of aryl methyl sites for hydroxylation is 2. The molecule has 2 N–H and O–H groups in total. The number of nitrogens with one attached hydrogen (secondary N) is 1. The molecule has 0 saturated carbocycles. The Bertz CT molecular complexity index is 458. The highest BCUT2D eigenvalue weighted by Crippen LogP contribution is 2.43. The van der Waals surface area contributed by atoms with Gasteiger partial charge in [0.15, 0.2) is 0 Å². The first kappa shape index (κ1) is 14.4. The Kier molecular flexibility index (Phi) is 4.16. The second-order valence-electron chi connectivity index (χ2n) is 5.64. The summed E-state index contributed by atoms with van der Waals surface area (Å²) < 4.78 is 5.54. The average molecular weight is 263 g/mol. The van der Waals surface area contributed by atoms with Crippen LogP contribution in [-0.2, 0) is 5.60 Å². The zero-order chi connectivity index (χ0) is 14.0. The van der Waals surface area contributed by atoms with Gasteiger partial charge in [-0.2, -0.15) is 0 Å². The Labute approximate surface area is 116 Å². The van der Waals surface area contributed by atoms with Crippen LogP contribution in [-0.4, -0.2) is 25.3 Å². The fourth-order valence-electron chi connectivity index (χ4n) is 3.38. The molecule has 3 nitrogen and oxygen atoms in total. The highest BCUT2D eigenvalue weighted by atomic mass is 16.5. The van der Waals surface area contributed by atoms with Crippen LogP contribution in [0.2, 0.25) is 0 Å². The molecule has 2 rings (SSSR count). The van der Waals surface area contributed by atoms with Crippen molar-refractivity contribution >= 4 is 0 Å². The maximum Gasteiger partial charge on any atom is 0.125 e. The molecule has 0 radical (unpaired) electrons. The summed E-state index contributed by atoms with van der Waals surface area (Å²) in [6, 6.07) is 4.15. The first-order valence-corrected chi connectivity index (χ1v) is 7.11. The summed E-state index contributed by atoms with van der Waals surface area (Å²) >= 11 is 0. The summed E-state index contributed by atoms with van der Waals surface area (Å²) in [6.07, 6.45) is 1.70. The third-order valence-electron chi connectivity index (χ3n) is 4.34. The van der Waals surface area contributed by atoms with Crippen molar-refractivity contribution in [3.63, 3.8) is 0 Å². The SMILES string of the molecule is CCC1CNCCC1(O)c1c(C)cc(C)cc1OC. The maximum absolute atomic E-state index is 11.3. The van der Waals surface area contributed by atoms with Crippen LogP contribution in [0.4, 0.5) is 0 Å². The molecular weight excluding hydrogens is 238 g/mol. The van der Waals surface area contributed by atoms with Gasteiger partial charge in [-0.15, -0.1) is 0 Å². The lowest BCUT2D eigenvalue weighted by molar-refractivity contribution is -0.0498. The molecule has 1 aromatic rings. The molecule has 1 aliphatic rings. The molecule has 2 atom stereocenters. The van der Waals surface area contributed by atoms with E-state index in [1.807, 2.05) is 6.07 Å². The van der Waals surface area contributed by atoms with Crippen LogP contribution in [0.3, 0.4) is 0 Å². The predicted octanol–water partition coefficient (Wildman–Crippen LogP) is 2.52. The Hall–Kier alpha value is -1.06. The van der Waals surface area contributed by atoms with E-state index in [-0.39, 0.29) is 5.92 Å². The molecule has 0 spiro atoms. The number of piperidine rings is 1.